The number of carbonyl (C=O) groups excluding carboxylic acids is 2. The van der Waals surface area contributed by atoms with E-state index >= 15 is 0 Å². The monoisotopic (exact) mass is 487 g/mol. The summed E-state index contributed by atoms with van der Waals surface area (Å²) in [5, 5.41) is 5.32. The van der Waals surface area contributed by atoms with Crippen LogP contribution >= 0.6 is 0 Å². The summed E-state index contributed by atoms with van der Waals surface area (Å²) in [6.45, 7) is -0.146. The number of carbonyl (C=O) groups is 2. The number of rotatable bonds is 3. The van der Waals surface area contributed by atoms with Gasteiger partial charge in [-0.1, -0.05) is 0 Å². The number of hydrogen-bond acceptors (Lipinski definition) is 4. The molecule has 0 saturated carbocycles. The fraction of sp³-hybridized carbons (Fsp3) is 0.364. The van der Waals surface area contributed by atoms with Crippen molar-refractivity contribution < 1.29 is 40.7 Å². The van der Waals surface area contributed by atoms with Gasteiger partial charge in [0.1, 0.15) is 5.75 Å². The molecule has 4 rings (SSSR count). The number of amides is 2. The summed E-state index contributed by atoms with van der Waals surface area (Å²) >= 11 is 0. The van der Waals surface area contributed by atoms with E-state index in [-0.39, 0.29) is 44.4 Å². The second-order valence-electron chi connectivity index (χ2n) is 8.03. The zero-order valence-electron chi connectivity index (χ0n) is 17.5. The normalized spacial score (nSPS) is 17.0. The highest BCUT2D eigenvalue weighted by molar-refractivity contribution is 5.98. The quantitative estimate of drug-likeness (QED) is 0.604. The predicted octanol–water partition coefficient (Wildman–Crippen LogP) is 4.91. The lowest BCUT2D eigenvalue weighted by atomic mass is 9.94. The van der Waals surface area contributed by atoms with Gasteiger partial charge in [-0.3, -0.25) is 9.59 Å². The largest absolute Gasteiger partial charge is 0.482 e. The number of piperidine rings is 1. The van der Waals surface area contributed by atoms with Crippen molar-refractivity contribution in [2.24, 2.45) is 5.92 Å². The number of nitrogens with zero attached hydrogens (tertiary/aromatic N) is 1. The van der Waals surface area contributed by atoms with E-state index in [1.54, 1.807) is 12.1 Å². The molecular formula is C22H19F6N3O3. The van der Waals surface area contributed by atoms with Crippen molar-refractivity contribution in [2.45, 2.75) is 25.2 Å². The zero-order chi connectivity index (χ0) is 24.7. The first-order valence-electron chi connectivity index (χ1n) is 10.3. The van der Waals surface area contributed by atoms with E-state index in [1.807, 2.05) is 0 Å². The molecule has 0 aromatic heterocycles. The Morgan fingerprint density at radius 3 is 2.35 bits per heavy atom. The van der Waals surface area contributed by atoms with E-state index in [0.29, 0.717) is 35.3 Å². The van der Waals surface area contributed by atoms with Gasteiger partial charge < -0.3 is 20.3 Å². The van der Waals surface area contributed by atoms with Crippen LogP contribution in [0, 0.1) is 5.92 Å². The summed E-state index contributed by atoms with van der Waals surface area (Å²) in [6.07, 6.45) is -9.29. The molecule has 2 aliphatic heterocycles. The third-order valence-electron chi connectivity index (χ3n) is 5.72. The molecule has 1 fully saturated rings. The van der Waals surface area contributed by atoms with Crippen LogP contribution < -0.4 is 20.3 Å². The summed E-state index contributed by atoms with van der Waals surface area (Å²) in [6, 6.07) is 6.05. The highest BCUT2D eigenvalue weighted by Gasteiger charge is 2.39. The maximum atomic E-state index is 13.4. The highest BCUT2D eigenvalue weighted by atomic mass is 19.4. The molecule has 0 radical (unpaired) electrons. The van der Waals surface area contributed by atoms with E-state index in [2.05, 4.69) is 10.6 Å². The molecule has 34 heavy (non-hydrogen) atoms. The third-order valence-corrected chi connectivity index (χ3v) is 5.72. The number of nitrogens with one attached hydrogen (secondary N) is 2. The van der Waals surface area contributed by atoms with Crippen LogP contribution in [0.1, 0.15) is 24.0 Å². The Balaban J connectivity index is 1.45. The average molecular weight is 487 g/mol. The van der Waals surface area contributed by atoms with Crippen LogP contribution in [0.3, 0.4) is 0 Å². The number of halogens is 6. The second-order valence-corrected chi connectivity index (χ2v) is 8.03. The van der Waals surface area contributed by atoms with Crippen LogP contribution in [0.2, 0.25) is 0 Å². The molecule has 2 aromatic carbocycles. The van der Waals surface area contributed by atoms with Gasteiger partial charge in [0.25, 0.3) is 5.91 Å². The molecule has 0 unspecified atom stereocenters. The van der Waals surface area contributed by atoms with Crippen LogP contribution in [0.15, 0.2) is 36.4 Å². The summed E-state index contributed by atoms with van der Waals surface area (Å²) in [7, 11) is 0. The standard InChI is InChI=1S/C22H19F6N3O3/c23-21(24,25)13-1-3-15(22(26,27)28)17(9-13)31-7-5-12(6-8-31)20(33)29-14-2-4-18-16(10-14)30-19(32)11-34-18/h1-4,9-10,12H,5-8,11H2,(H,29,33)(H,30,32). The second kappa shape index (κ2) is 8.73. The van der Waals surface area contributed by atoms with Crippen molar-refractivity contribution in [3.63, 3.8) is 0 Å². The fourth-order valence-electron chi connectivity index (χ4n) is 4.00. The molecule has 2 N–H and O–H groups in total. The maximum Gasteiger partial charge on any atom is 0.418 e. The number of fused-ring (bicyclic) bond motifs is 1. The minimum absolute atomic E-state index is 0.0173. The van der Waals surface area contributed by atoms with Crippen molar-refractivity contribution >= 4 is 28.9 Å². The minimum atomic E-state index is -4.82. The molecule has 2 heterocycles. The van der Waals surface area contributed by atoms with E-state index in [1.165, 1.54) is 11.0 Å². The fourth-order valence-corrected chi connectivity index (χ4v) is 4.00. The Labute approximate surface area is 189 Å². The number of hydrogen-bond donors (Lipinski definition) is 2. The lowest BCUT2D eigenvalue weighted by Gasteiger charge is -2.35. The third kappa shape index (κ3) is 5.05. The molecular weight excluding hydrogens is 468 g/mol. The molecule has 0 aliphatic carbocycles. The number of benzene rings is 2. The molecule has 182 valence electrons. The van der Waals surface area contributed by atoms with Crippen molar-refractivity contribution in [1.82, 2.24) is 0 Å². The number of anilines is 3. The molecule has 2 amide bonds. The van der Waals surface area contributed by atoms with Gasteiger partial charge in [-0.25, -0.2) is 0 Å². The van der Waals surface area contributed by atoms with Crippen LogP contribution in [0.4, 0.5) is 43.4 Å². The number of alkyl halides is 6. The summed E-state index contributed by atoms with van der Waals surface area (Å²) in [5.41, 5.74) is -2.07. The Bertz CT molecular complexity index is 1110. The minimum Gasteiger partial charge on any atom is -0.482 e. The summed E-state index contributed by atoms with van der Waals surface area (Å²) < 4.78 is 84.7. The lowest BCUT2D eigenvalue weighted by molar-refractivity contribution is -0.141. The first kappa shape index (κ1) is 23.7. The van der Waals surface area contributed by atoms with Crippen LogP contribution in [0.5, 0.6) is 5.75 Å². The molecule has 0 spiro atoms. The van der Waals surface area contributed by atoms with Gasteiger partial charge in [-0.15, -0.1) is 0 Å². The van der Waals surface area contributed by atoms with Gasteiger partial charge in [-0.2, -0.15) is 26.3 Å². The Morgan fingerprint density at radius 1 is 1.00 bits per heavy atom. The van der Waals surface area contributed by atoms with Crippen molar-refractivity contribution in [2.75, 3.05) is 35.2 Å². The van der Waals surface area contributed by atoms with Gasteiger partial charge in [0.15, 0.2) is 6.61 Å². The van der Waals surface area contributed by atoms with Gasteiger partial charge in [0, 0.05) is 30.4 Å². The lowest BCUT2D eigenvalue weighted by Crippen LogP contribution is -2.39. The molecule has 0 bridgehead atoms. The van der Waals surface area contributed by atoms with E-state index in [0.717, 1.165) is 0 Å². The summed E-state index contributed by atoms with van der Waals surface area (Å²) in [4.78, 5) is 25.4. The molecule has 6 nitrogen and oxygen atoms in total. The first-order valence-corrected chi connectivity index (χ1v) is 10.3. The Kier molecular flexibility index (Phi) is 6.09. The van der Waals surface area contributed by atoms with Crippen molar-refractivity contribution in [3.05, 3.63) is 47.5 Å². The van der Waals surface area contributed by atoms with Gasteiger partial charge >= 0.3 is 12.4 Å². The van der Waals surface area contributed by atoms with Gasteiger partial charge in [0.2, 0.25) is 5.91 Å². The smallest absolute Gasteiger partial charge is 0.418 e. The summed E-state index contributed by atoms with van der Waals surface area (Å²) in [5.74, 6) is -0.801. The van der Waals surface area contributed by atoms with Crippen molar-refractivity contribution in [3.8, 4) is 5.75 Å². The van der Waals surface area contributed by atoms with E-state index in [9.17, 15) is 35.9 Å². The Hall–Kier alpha value is -3.44. The number of ether oxygens (including phenoxy) is 1. The van der Waals surface area contributed by atoms with Crippen LogP contribution in [0.25, 0.3) is 0 Å². The highest BCUT2D eigenvalue weighted by Crippen LogP contribution is 2.41. The van der Waals surface area contributed by atoms with Crippen LogP contribution in [-0.2, 0) is 21.9 Å². The van der Waals surface area contributed by atoms with Gasteiger partial charge in [0.05, 0.1) is 16.8 Å². The molecule has 1 saturated heterocycles. The topological polar surface area (TPSA) is 70.7 Å². The Morgan fingerprint density at radius 2 is 1.71 bits per heavy atom. The first-order chi connectivity index (χ1) is 15.9. The van der Waals surface area contributed by atoms with E-state index in [4.69, 9.17) is 4.74 Å². The molecule has 12 heteroatoms. The molecule has 2 aliphatic rings. The van der Waals surface area contributed by atoms with Crippen LogP contribution in [-0.4, -0.2) is 31.5 Å². The predicted molar refractivity (Wildman–Crippen MR) is 111 cm³/mol. The van der Waals surface area contributed by atoms with Gasteiger partial charge in [-0.05, 0) is 49.2 Å². The maximum absolute atomic E-state index is 13.4. The van der Waals surface area contributed by atoms with E-state index < -0.39 is 35.1 Å². The zero-order valence-corrected chi connectivity index (χ0v) is 17.5. The molecule has 0 atom stereocenters. The molecule has 2 aromatic rings. The van der Waals surface area contributed by atoms with Crippen molar-refractivity contribution in [1.29, 1.82) is 0 Å². The SMILES string of the molecule is O=C1COc2ccc(NC(=O)C3CCN(c4cc(C(F)(F)F)ccc4C(F)(F)F)CC3)cc2N1. The average Bonchev–Trinajstić information content (AvgIpc) is 2.77.